The van der Waals surface area contributed by atoms with E-state index in [2.05, 4.69) is 9.98 Å². The normalized spacial score (nSPS) is 16.2. The number of alkyl halides is 3. The Bertz CT molecular complexity index is 1720. The van der Waals surface area contributed by atoms with E-state index in [0.29, 0.717) is 24.7 Å². The SMILES string of the molecule is CCOC(=O)c1cc2c(=O)n3ccccc3nc2n(C[C@@H]2CCCO2)c1=NC(=O)c1cccc(C(F)(F)F)c1. The summed E-state index contributed by atoms with van der Waals surface area (Å²) >= 11 is 0. The van der Waals surface area contributed by atoms with Gasteiger partial charge in [-0.2, -0.15) is 18.2 Å². The highest BCUT2D eigenvalue weighted by Gasteiger charge is 2.31. The first-order valence-corrected chi connectivity index (χ1v) is 12.3. The number of benzene rings is 1. The summed E-state index contributed by atoms with van der Waals surface area (Å²) in [5, 5.41) is 0.0743. The molecule has 0 bridgehead atoms. The quantitative estimate of drug-likeness (QED) is 0.282. The van der Waals surface area contributed by atoms with Gasteiger partial charge in [0.15, 0.2) is 5.49 Å². The summed E-state index contributed by atoms with van der Waals surface area (Å²) < 4.78 is 53.6. The number of hydrogen-bond donors (Lipinski definition) is 0. The molecule has 4 aromatic rings. The molecule has 0 spiro atoms. The van der Waals surface area contributed by atoms with Crippen LogP contribution < -0.4 is 11.0 Å². The van der Waals surface area contributed by atoms with Gasteiger partial charge in [-0.3, -0.25) is 14.0 Å². The van der Waals surface area contributed by atoms with Crippen molar-refractivity contribution >= 4 is 28.6 Å². The van der Waals surface area contributed by atoms with Crippen molar-refractivity contribution in [1.82, 2.24) is 14.0 Å². The van der Waals surface area contributed by atoms with Gasteiger partial charge in [-0.05, 0) is 56.2 Å². The van der Waals surface area contributed by atoms with Crippen molar-refractivity contribution in [3.05, 3.63) is 87.3 Å². The fraction of sp³-hybridized carbons (Fsp3) is 0.296. The average Bonchev–Trinajstić information content (AvgIpc) is 3.43. The summed E-state index contributed by atoms with van der Waals surface area (Å²) in [7, 11) is 0. The molecule has 5 rings (SSSR count). The Hall–Kier alpha value is -4.32. The fourth-order valence-corrected chi connectivity index (χ4v) is 4.51. The number of pyridine rings is 2. The number of carbonyl (C=O) groups excluding carboxylic acids is 2. The highest BCUT2D eigenvalue weighted by Crippen LogP contribution is 2.29. The number of ether oxygens (including phenoxy) is 2. The summed E-state index contributed by atoms with van der Waals surface area (Å²) in [5.74, 6) is -1.86. The molecule has 0 aliphatic carbocycles. The van der Waals surface area contributed by atoms with Crippen LogP contribution in [0.25, 0.3) is 16.7 Å². The second-order valence-corrected chi connectivity index (χ2v) is 8.93. The summed E-state index contributed by atoms with van der Waals surface area (Å²) in [6.45, 7) is 2.19. The predicted octanol–water partition coefficient (Wildman–Crippen LogP) is 3.76. The third-order valence-corrected chi connectivity index (χ3v) is 6.34. The van der Waals surface area contributed by atoms with Crippen molar-refractivity contribution in [3.8, 4) is 0 Å². The van der Waals surface area contributed by atoms with Gasteiger partial charge in [-0.1, -0.05) is 12.1 Å². The summed E-state index contributed by atoms with van der Waals surface area (Å²) in [4.78, 5) is 48.4. The Balaban J connectivity index is 1.82. The number of rotatable bonds is 5. The number of aromatic nitrogens is 3. The first kappa shape index (κ1) is 26.3. The molecule has 1 atom stereocenters. The van der Waals surface area contributed by atoms with E-state index < -0.39 is 29.2 Å². The van der Waals surface area contributed by atoms with E-state index >= 15 is 0 Å². The molecular formula is C27H23F3N4O5. The number of amides is 1. The van der Waals surface area contributed by atoms with Crippen LogP contribution in [0.1, 0.15) is 46.0 Å². The van der Waals surface area contributed by atoms with Crippen molar-refractivity contribution in [1.29, 1.82) is 0 Å². The lowest BCUT2D eigenvalue weighted by atomic mass is 10.1. The smallest absolute Gasteiger partial charge is 0.416 e. The topological polar surface area (TPSA) is 104 Å². The molecule has 1 aromatic carbocycles. The Morgan fingerprint density at radius 1 is 1.18 bits per heavy atom. The van der Waals surface area contributed by atoms with Crippen molar-refractivity contribution in [3.63, 3.8) is 0 Å². The number of esters is 1. The van der Waals surface area contributed by atoms with Crippen molar-refractivity contribution in [2.24, 2.45) is 4.99 Å². The fourth-order valence-electron chi connectivity index (χ4n) is 4.51. The highest BCUT2D eigenvalue weighted by molar-refractivity contribution is 5.97. The minimum atomic E-state index is -4.66. The summed E-state index contributed by atoms with van der Waals surface area (Å²) in [6.07, 6.45) is -2.00. The zero-order valence-corrected chi connectivity index (χ0v) is 20.8. The monoisotopic (exact) mass is 540 g/mol. The van der Waals surface area contributed by atoms with Crippen LogP contribution in [-0.4, -0.2) is 45.1 Å². The van der Waals surface area contributed by atoms with Crippen LogP contribution in [0.3, 0.4) is 0 Å². The van der Waals surface area contributed by atoms with E-state index in [9.17, 15) is 27.6 Å². The zero-order chi connectivity index (χ0) is 27.7. The first-order valence-electron chi connectivity index (χ1n) is 12.3. The second kappa shape index (κ2) is 10.4. The van der Waals surface area contributed by atoms with Crippen LogP contribution >= 0.6 is 0 Å². The molecule has 4 heterocycles. The number of nitrogens with zero attached hydrogens (tertiary/aromatic N) is 4. The lowest BCUT2D eigenvalue weighted by Gasteiger charge is -2.18. The molecule has 1 aliphatic heterocycles. The van der Waals surface area contributed by atoms with Crippen LogP contribution in [0.4, 0.5) is 13.2 Å². The third-order valence-electron chi connectivity index (χ3n) is 6.34. The molecule has 1 aliphatic rings. The Kier molecular flexibility index (Phi) is 7.04. The molecule has 1 amide bonds. The zero-order valence-electron chi connectivity index (χ0n) is 20.8. The molecule has 0 saturated carbocycles. The average molecular weight is 540 g/mol. The minimum absolute atomic E-state index is 0.00142. The van der Waals surface area contributed by atoms with E-state index in [1.165, 1.54) is 27.3 Å². The standard InChI is InChI=1S/C27H23F3N4O5/c1-2-38-26(37)20-14-19-22(31-21-10-3-4-11-33(21)25(19)36)34(15-18-9-6-12-39-18)23(20)32-24(35)16-7-5-8-17(13-16)27(28,29)30/h3-5,7-8,10-11,13-14,18H,2,6,9,12,15H2,1H3/t18-/m0/s1. The van der Waals surface area contributed by atoms with E-state index in [0.717, 1.165) is 18.6 Å². The van der Waals surface area contributed by atoms with Gasteiger partial charge in [0, 0.05) is 18.4 Å². The second-order valence-electron chi connectivity index (χ2n) is 8.93. The molecule has 12 heteroatoms. The van der Waals surface area contributed by atoms with Crippen LogP contribution in [-0.2, 0) is 22.2 Å². The molecule has 0 radical (unpaired) electrons. The van der Waals surface area contributed by atoms with Gasteiger partial charge in [0.05, 0.1) is 30.2 Å². The van der Waals surface area contributed by atoms with Gasteiger partial charge in [0.2, 0.25) is 0 Å². The summed E-state index contributed by atoms with van der Waals surface area (Å²) in [5.41, 5.74) is -1.72. The maximum Gasteiger partial charge on any atom is 0.416 e. The molecule has 0 N–H and O–H groups in total. The molecule has 39 heavy (non-hydrogen) atoms. The third kappa shape index (κ3) is 5.19. The van der Waals surface area contributed by atoms with Crippen LogP contribution in [0.5, 0.6) is 0 Å². The predicted molar refractivity (Wildman–Crippen MR) is 133 cm³/mol. The maximum absolute atomic E-state index is 13.4. The van der Waals surface area contributed by atoms with Crippen molar-refractivity contribution in [2.75, 3.05) is 13.2 Å². The number of carbonyl (C=O) groups is 2. The lowest BCUT2D eigenvalue weighted by molar-refractivity contribution is -0.137. The maximum atomic E-state index is 13.4. The molecule has 0 unspecified atom stereocenters. The van der Waals surface area contributed by atoms with Gasteiger partial charge < -0.3 is 14.0 Å². The van der Waals surface area contributed by atoms with Crippen LogP contribution in [0.15, 0.2) is 64.5 Å². The summed E-state index contributed by atoms with van der Waals surface area (Å²) in [6, 6.07) is 10.1. The van der Waals surface area contributed by atoms with E-state index in [-0.39, 0.29) is 46.9 Å². The molecule has 202 valence electrons. The van der Waals surface area contributed by atoms with Gasteiger partial charge in [-0.15, -0.1) is 0 Å². The van der Waals surface area contributed by atoms with Crippen molar-refractivity contribution < 1.29 is 32.2 Å². The largest absolute Gasteiger partial charge is 0.462 e. The Labute approximate surface area is 219 Å². The molecule has 3 aromatic heterocycles. The van der Waals surface area contributed by atoms with Gasteiger partial charge in [0.25, 0.3) is 11.5 Å². The highest BCUT2D eigenvalue weighted by atomic mass is 19.4. The van der Waals surface area contributed by atoms with E-state index in [4.69, 9.17) is 9.47 Å². The van der Waals surface area contributed by atoms with E-state index in [1.807, 2.05) is 0 Å². The van der Waals surface area contributed by atoms with Crippen LogP contribution in [0.2, 0.25) is 0 Å². The van der Waals surface area contributed by atoms with Crippen molar-refractivity contribution in [2.45, 2.75) is 38.6 Å². The lowest BCUT2D eigenvalue weighted by Crippen LogP contribution is -2.35. The first-order chi connectivity index (χ1) is 18.7. The number of hydrogen-bond acceptors (Lipinski definition) is 6. The number of fused-ring (bicyclic) bond motifs is 2. The van der Waals surface area contributed by atoms with Gasteiger partial charge in [-0.25, -0.2) is 9.78 Å². The van der Waals surface area contributed by atoms with Gasteiger partial charge >= 0.3 is 12.1 Å². The Morgan fingerprint density at radius 3 is 2.72 bits per heavy atom. The molecule has 1 saturated heterocycles. The molecular weight excluding hydrogens is 517 g/mol. The molecule has 9 nitrogen and oxygen atoms in total. The minimum Gasteiger partial charge on any atom is -0.462 e. The van der Waals surface area contributed by atoms with E-state index in [1.54, 1.807) is 25.1 Å². The van der Waals surface area contributed by atoms with Gasteiger partial charge in [0.1, 0.15) is 16.9 Å². The molecule has 1 fully saturated rings. The number of halogens is 3. The van der Waals surface area contributed by atoms with Crippen LogP contribution in [0, 0.1) is 0 Å². The Morgan fingerprint density at radius 2 is 2.00 bits per heavy atom.